The van der Waals surface area contributed by atoms with E-state index in [0.29, 0.717) is 5.69 Å². The smallest absolute Gasteiger partial charge is 0.338 e. The van der Waals surface area contributed by atoms with E-state index in [1.165, 1.54) is 30.3 Å². The molecule has 1 N–H and O–H groups in total. The number of rotatable bonds is 5. The molecular formula is C25H19FN2O5. The van der Waals surface area contributed by atoms with Crippen LogP contribution in [0.3, 0.4) is 0 Å². The maximum absolute atomic E-state index is 13.2. The van der Waals surface area contributed by atoms with Crippen LogP contribution in [0.2, 0.25) is 0 Å². The number of imide groups is 1. The summed E-state index contributed by atoms with van der Waals surface area (Å²) in [5.74, 6) is -3.03. The first kappa shape index (κ1) is 21.9. The van der Waals surface area contributed by atoms with Crippen molar-refractivity contribution in [3.63, 3.8) is 0 Å². The van der Waals surface area contributed by atoms with E-state index in [0.717, 1.165) is 28.2 Å². The van der Waals surface area contributed by atoms with Gasteiger partial charge in [-0.25, -0.2) is 14.1 Å². The van der Waals surface area contributed by atoms with Crippen molar-refractivity contribution in [3.8, 4) is 0 Å². The largest absolute Gasteiger partial charge is 0.452 e. The molecule has 166 valence electrons. The molecule has 0 fully saturated rings. The first-order valence-electron chi connectivity index (χ1n) is 10.1. The molecule has 7 nitrogen and oxygen atoms in total. The van der Waals surface area contributed by atoms with Crippen LogP contribution in [0.15, 0.2) is 60.7 Å². The Bertz CT molecular complexity index is 1300. The Labute approximate surface area is 188 Å². The Morgan fingerprint density at radius 1 is 0.939 bits per heavy atom. The van der Waals surface area contributed by atoms with Gasteiger partial charge in [0, 0.05) is 5.69 Å². The standard InChI is InChI=1S/C25H19FN2O5/c1-14-4-3-5-21(15(14)2)27-22(29)13-33-25(32)16-6-11-19-20(12-16)24(31)28(23(19)30)18-9-7-17(26)8-10-18/h3-12H,13H2,1-2H3,(H,27,29). The lowest BCUT2D eigenvalue weighted by Crippen LogP contribution is -2.29. The van der Waals surface area contributed by atoms with Gasteiger partial charge in [0.1, 0.15) is 5.82 Å². The second-order valence-electron chi connectivity index (χ2n) is 7.55. The molecule has 3 amide bonds. The predicted molar refractivity (Wildman–Crippen MR) is 119 cm³/mol. The molecule has 33 heavy (non-hydrogen) atoms. The van der Waals surface area contributed by atoms with Gasteiger partial charge in [-0.05, 0) is 73.5 Å². The number of carbonyl (C=O) groups is 4. The van der Waals surface area contributed by atoms with Crippen LogP contribution in [0.5, 0.6) is 0 Å². The monoisotopic (exact) mass is 446 g/mol. The van der Waals surface area contributed by atoms with Crippen LogP contribution in [-0.4, -0.2) is 30.3 Å². The van der Waals surface area contributed by atoms with Crippen LogP contribution < -0.4 is 10.2 Å². The number of amides is 3. The quantitative estimate of drug-likeness (QED) is 0.472. The number of anilines is 2. The van der Waals surface area contributed by atoms with Crippen LogP contribution in [0, 0.1) is 19.7 Å². The SMILES string of the molecule is Cc1cccc(NC(=O)COC(=O)c2ccc3c(c2)C(=O)N(c2ccc(F)cc2)C3=O)c1C. The van der Waals surface area contributed by atoms with Crippen molar-refractivity contribution in [2.75, 3.05) is 16.8 Å². The molecule has 3 aromatic carbocycles. The van der Waals surface area contributed by atoms with E-state index < -0.39 is 36.1 Å². The number of hydrogen-bond donors (Lipinski definition) is 1. The number of esters is 1. The lowest BCUT2D eigenvalue weighted by Gasteiger charge is -2.13. The minimum Gasteiger partial charge on any atom is -0.452 e. The number of nitrogens with one attached hydrogen (secondary N) is 1. The lowest BCUT2D eigenvalue weighted by atomic mass is 10.1. The number of ether oxygens (including phenoxy) is 1. The van der Waals surface area contributed by atoms with Gasteiger partial charge in [0.2, 0.25) is 0 Å². The Morgan fingerprint density at radius 2 is 1.64 bits per heavy atom. The molecule has 4 rings (SSSR count). The van der Waals surface area contributed by atoms with Gasteiger partial charge in [-0.15, -0.1) is 0 Å². The van der Waals surface area contributed by atoms with E-state index in [2.05, 4.69) is 5.32 Å². The fourth-order valence-electron chi connectivity index (χ4n) is 3.48. The van der Waals surface area contributed by atoms with Crippen molar-refractivity contribution in [1.82, 2.24) is 0 Å². The second-order valence-corrected chi connectivity index (χ2v) is 7.55. The van der Waals surface area contributed by atoms with Gasteiger partial charge >= 0.3 is 5.97 Å². The molecule has 0 saturated heterocycles. The molecule has 0 aliphatic carbocycles. The van der Waals surface area contributed by atoms with Gasteiger partial charge < -0.3 is 10.1 Å². The van der Waals surface area contributed by atoms with Crippen molar-refractivity contribution < 1.29 is 28.3 Å². The van der Waals surface area contributed by atoms with E-state index in [-0.39, 0.29) is 22.4 Å². The maximum Gasteiger partial charge on any atom is 0.338 e. The highest BCUT2D eigenvalue weighted by atomic mass is 19.1. The number of benzene rings is 3. The molecule has 0 aromatic heterocycles. The summed E-state index contributed by atoms with van der Waals surface area (Å²) in [6, 6.07) is 14.4. The van der Waals surface area contributed by atoms with Gasteiger partial charge in [-0.2, -0.15) is 0 Å². The molecule has 0 spiro atoms. The van der Waals surface area contributed by atoms with Crippen molar-refractivity contribution in [2.45, 2.75) is 13.8 Å². The zero-order valence-electron chi connectivity index (χ0n) is 17.8. The van der Waals surface area contributed by atoms with E-state index in [9.17, 15) is 23.6 Å². The molecule has 0 bridgehead atoms. The summed E-state index contributed by atoms with van der Waals surface area (Å²) in [4.78, 5) is 51.0. The van der Waals surface area contributed by atoms with Gasteiger partial charge in [0.25, 0.3) is 17.7 Å². The third-order valence-electron chi connectivity index (χ3n) is 5.42. The summed E-state index contributed by atoms with van der Waals surface area (Å²) in [6.45, 7) is 3.27. The number of aryl methyl sites for hydroxylation is 1. The van der Waals surface area contributed by atoms with Crippen LogP contribution >= 0.6 is 0 Å². The Morgan fingerprint density at radius 3 is 2.36 bits per heavy atom. The average Bonchev–Trinajstić information content (AvgIpc) is 3.05. The van der Waals surface area contributed by atoms with E-state index in [1.54, 1.807) is 6.07 Å². The van der Waals surface area contributed by atoms with Gasteiger partial charge in [0.15, 0.2) is 6.61 Å². The Balaban J connectivity index is 1.45. The predicted octanol–water partition coefficient (Wildman–Crippen LogP) is 4.04. The molecule has 1 aliphatic heterocycles. The number of fused-ring (bicyclic) bond motifs is 1. The van der Waals surface area contributed by atoms with Crippen molar-refractivity contribution in [1.29, 1.82) is 0 Å². The third kappa shape index (κ3) is 4.23. The summed E-state index contributed by atoms with van der Waals surface area (Å²) in [5.41, 5.74) is 2.93. The highest BCUT2D eigenvalue weighted by Gasteiger charge is 2.37. The van der Waals surface area contributed by atoms with E-state index in [4.69, 9.17) is 4.74 Å². The number of hydrogen-bond acceptors (Lipinski definition) is 5. The second kappa shape index (κ2) is 8.66. The van der Waals surface area contributed by atoms with E-state index in [1.807, 2.05) is 26.0 Å². The molecule has 1 heterocycles. The molecule has 0 saturated carbocycles. The van der Waals surface area contributed by atoms with Gasteiger partial charge in [0.05, 0.1) is 22.4 Å². The van der Waals surface area contributed by atoms with Crippen LogP contribution in [-0.2, 0) is 9.53 Å². The zero-order valence-corrected chi connectivity index (χ0v) is 17.8. The summed E-state index contributed by atoms with van der Waals surface area (Å²) in [5, 5.41) is 2.69. The van der Waals surface area contributed by atoms with Crippen LogP contribution in [0.1, 0.15) is 42.2 Å². The molecule has 0 atom stereocenters. The Kier molecular flexibility index (Phi) is 5.74. The first-order valence-corrected chi connectivity index (χ1v) is 10.1. The molecule has 0 unspecified atom stereocenters. The van der Waals surface area contributed by atoms with Crippen molar-refractivity contribution in [3.05, 3.63) is 94.3 Å². The normalized spacial score (nSPS) is 12.5. The minimum atomic E-state index is -0.811. The van der Waals surface area contributed by atoms with Crippen molar-refractivity contribution >= 4 is 35.1 Å². The first-order chi connectivity index (χ1) is 15.8. The number of carbonyl (C=O) groups excluding carboxylic acids is 4. The van der Waals surface area contributed by atoms with Crippen molar-refractivity contribution in [2.24, 2.45) is 0 Å². The van der Waals surface area contributed by atoms with Crippen LogP contribution in [0.4, 0.5) is 15.8 Å². The molecule has 8 heteroatoms. The van der Waals surface area contributed by atoms with Crippen LogP contribution in [0.25, 0.3) is 0 Å². The summed E-state index contributed by atoms with van der Waals surface area (Å²) in [7, 11) is 0. The highest BCUT2D eigenvalue weighted by molar-refractivity contribution is 6.34. The third-order valence-corrected chi connectivity index (χ3v) is 5.42. The summed E-state index contributed by atoms with van der Waals surface area (Å²) >= 11 is 0. The molecule has 1 aliphatic rings. The topological polar surface area (TPSA) is 92.8 Å². The highest BCUT2D eigenvalue weighted by Crippen LogP contribution is 2.29. The Hall–Kier alpha value is -4.33. The molecular weight excluding hydrogens is 427 g/mol. The zero-order chi connectivity index (χ0) is 23.7. The van der Waals surface area contributed by atoms with Gasteiger partial charge in [-0.3, -0.25) is 14.4 Å². The lowest BCUT2D eigenvalue weighted by molar-refractivity contribution is -0.119. The van der Waals surface area contributed by atoms with E-state index >= 15 is 0 Å². The van der Waals surface area contributed by atoms with Gasteiger partial charge in [-0.1, -0.05) is 12.1 Å². The summed E-state index contributed by atoms with van der Waals surface area (Å²) in [6.07, 6.45) is 0. The fourth-order valence-corrected chi connectivity index (χ4v) is 3.48. The molecule has 3 aromatic rings. The maximum atomic E-state index is 13.2. The average molecular weight is 446 g/mol. The fraction of sp³-hybridized carbons (Fsp3) is 0.120. The molecule has 0 radical (unpaired) electrons. The summed E-state index contributed by atoms with van der Waals surface area (Å²) < 4.78 is 18.3. The number of halogens is 1. The number of nitrogens with zero attached hydrogens (tertiary/aromatic N) is 1. The minimum absolute atomic E-state index is 0.0235.